The quantitative estimate of drug-likeness (QED) is 0.525. The van der Waals surface area contributed by atoms with E-state index in [0.29, 0.717) is 25.9 Å². The largest absolute Gasteiger partial charge is 0.369 e. The number of fused-ring (bicyclic) bond motifs is 1. The monoisotopic (exact) mass is 518 g/mol. The number of hydrogen-bond donors (Lipinski definition) is 2. The number of likely N-dealkylation sites (tertiary alicyclic amines) is 2. The van der Waals surface area contributed by atoms with Crippen LogP contribution in [-0.4, -0.2) is 77.9 Å². The Morgan fingerprint density at radius 1 is 1.11 bits per heavy atom. The number of carbonyl (C=O) groups excluding carboxylic acids is 3. The summed E-state index contributed by atoms with van der Waals surface area (Å²) in [6, 6.07) is 4.52. The molecule has 3 amide bonds. The van der Waals surface area contributed by atoms with Gasteiger partial charge in [0.05, 0.1) is 30.8 Å². The standard InChI is InChI=1S/C28H43FN4O4/c1-17(2)14-23(34)33-15-22(37-16-19-8-10-20(29)11-9-19)24-21(33)12-13-32(24)27(36)25(28(4,5)6)31-26(35)18(3)30-7/h8-11,17-18,21-22,24-25,30H,12-16H2,1-7H3,(H,31,35)/t18-,21+,22-,24-,25?/m0/s1. The molecule has 0 aromatic heterocycles. The zero-order valence-electron chi connectivity index (χ0n) is 23.2. The zero-order chi connectivity index (χ0) is 27.5. The molecule has 2 fully saturated rings. The molecule has 2 N–H and O–H groups in total. The van der Waals surface area contributed by atoms with Crippen molar-refractivity contribution in [3.63, 3.8) is 0 Å². The van der Waals surface area contributed by atoms with E-state index >= 15 is 0 Å². The molecule has 0 aliphatic carbocycles. The molecule has 0 spiro atoms. The molecular formula is C28H43FN4O4. The van der Waals surface area contributed by atoms with Gasteiger partial charge in [0, 0.05) is 19.5 Å². The van der Waals surface area contributed by atoms with Gasteiger partial charge in [0.25, 0.3) is 0 Å². The molecular weight excluding hydrogens is 475 g/mol. The third kappa shape index (κ3) is 6.87. The molecule has 2 heterocycles. The number of halogens is 1. The first-order chi connectivity index (χ1) is 17.3. The number of carbonyl (C=O) groups is 3. The molecule has 1 aromatic carbocycles. The second-order valence-corrected chi connectivity index (χ2v) is 11.8. The highest BCUT2D eigenvalue weighted by Crippen LogP contribution is 2.36. The van der Waals surface area contributed by atoms with Gasteiger partial charge in [-0.2, -0.15) is 0 Å². The predicted octanol–water partition coefficient (Wildman–Crippen LogP) is 2.71. The third-order valence-corrected chi connectivity index (χ3v) is 7.37. The molecule has 2 saturated heterocycles. The average molecular weight is 519 g/mol. The van der Waals surface area contributed by atoms with E-state index in [4.69, 9.17) is 4.74 Å². The van der Waals surface area contributed by atoms with E-state index in [1.807, 2.05) is 44.4 Å². The highest BCUT2D eigenvalue weighted by molar-refractivity contribution is 5.90. The van der Waals surface area contributed by atoms with Gasteiger partial charge >= 0.3 is 0 Å². The van der Waals surface area contributed by atoms with E-state index in [-0.39, 0.29) is 54.3 Å². The minimum absolute atomic E-state index is 0.0655. The molecule has 9 heteroatoms. The van der Waals surface area contributed by atoms with Gasteiger partial charge in [-0.25, -0.2) is 4.39 Å². The Kier molecular flexibility index (Phi) is 9.34. The van der Waals surface area contributed by atoms with Crippen LogP contribution in [0.1, 0.15) is 59.9 Å². The van der Waals surface area contributed by atoms with Gasteiger partial charge in [-0.15, -0.1) is 0 Å². The van der Waals surface area contributed by atoms with Crippen molar-refractivity contribution in [2.75, 3.05) is 20.1 Å². The van der Waals surface area contributed by atoms with Crippen molar-refractivity contribution in [2.24, 2.45) is 11.3 Å². The van der Waals surface area contributed by atoms with Crippen LogP contribution in [0.4, 0.5) is 4.39 Å². The minimum atomic E-state index is -0.729. The lowest BCUT2D eigenvalue weighted by Gasteiger charge is -2.37. The number of nitrogens with one attached hydrogen (secondary N) is 2. The summed E-state index contributed by atoms with van der Waals surface area (Å²) in [5.74, 6) is -0.429. The van der Waals surface area contributed by atoms with Gasteiger partial charge in [0.2, 0.25) is 17.7 Å². The first kappa shape index (κ1) is 29.0. The lowest BCUT2D eigenvalue weighted by atomic mass is 9.85. The summed E-state index contributed by atoms with van der Waals surface area (Å²) in [5.41, 5.74) is 0.302. The van der Waals surface area contributed by atoms with Gasteiger partial charge in [0.15, 0.2) is 0 Å². The smallest absolute Gasteiger partial charge is 0.246 e. The number of rotatable bonds is 9. The average Bonchev–Trinajstić information content (AvgIpc) is 3.41. The second kappa shape index (κ2) is 11.9. The SMILES string of the molecule is CN[C@@H](C)C(=O)NC(C(=O)N1CC[C@@H]2[C@H]1[C@@H](OCc1ccc(F)cc1)CN2C(=O)CC(C)C)C(C)(C)C. The Labute approximate surface area is 220 Å². The summed E-state index contributed by atoms with van der Waals surface area (Å²) in [7, 11) is 1.70. The van der Waals surface area contributed by atoms with E-state index in [9.17, 15) is 18.8 Å². The maximum Gasteiger partial charge on any atom is 0.246 e. The van der Waals surface area contributed by atoms with Crippen LogP contribution in [0.15, 0.2) is 24.3 Å². The van der Waals surface area contributed by atoms with Crippen molar-refractivity contribution in [3.8, 4) is 0 Å². The Bertz CT molecular complexity index is 962. The molecule has 1 unspecified atom stereocenters. The summed E-state index contributed by atoms with van der Waals surface area (Å²) in [5, 5.41) is 5.87. The van der Waals surface area contributed by atoms with Gasteiger partial charge < -0.3 is 25.2 Å². The van der Waals surface area contributed by atoms with E-state index < -0.39 is 17.5 Å². The Hall–Kier alpha value is -2.52. The fourth-order valence-electron chi connectivity index (χ4n) is 5.18. The van der Waals surface area contributed by atoms with Crippen LogP contribution in [0.25, 0.3) is 0 Å². The third-order valence-electron chi connectivity index (χ3n) is 7.37. The van der Waals surface area contributed by atoms with Crippen LogP contribution < -0.4 is 10.6 Å². The first-order valence-corrected chi connectivity index (χ1v) is 13.3. The van der Waals surface area contributed by atoms with Crippen molar-refractivity contribution in [1.29, 1.82) is 0 Å². The molecule has 0 radical (unpaired) electrons. The molecule has 3 rings (SSSR count). The number of hydrogen-bond acceptors (Lipinski definition) is 5. The number of amides is 3. The van der Waals surface area contributed by atoms with Gasteiger partial charge in [-0.3, -0.25) is 14.4 Å². The van der Waals surface area contributed by atoms with E-state index in [0.717, 1.165) is 5.56 Å². The summed E-state index contributed by atoms with van der Waals surface area (Å²) in [6.45, 7) is 12.7. The topological polar surface area (TPSA) is 91.0 Å². The van der Waals surface area contributed by atoms with E-state index in [2.05, 4.69) is 10.6 Å². The van der Waals surface area contributed by atoms with E-state index in [1.165, 1.54) is 12.1 Å². The summed E-state index contributed by atoms with van der Waals surface area (Å²) in [6.07, 6.45) is 0.712. The summed E-state index contributed by atoms with van der Waals surface area (Å²) >= 11 is 0. The van der Waals surface area contributed by atoms with E-state index in [1.54, 1.807) is 26.1 Å². The number of likely N-dealkylation sites (N-methyl/N-ethyl adjacent to an activating group) is 1. The number of ether oxygens (including phenoxy) is 1. The molecule has 2 aliphatic heterocycles. The van der Waals surface area contributed by atoms with Crippen molar-refractivity contribution in [3.05, 3.63) is 35.6 Å². The molecule has 0 bridgehead atoms. The fraction of sp³-hybridized carbons (Fsp3) is 0.679. The van der Waals surface area contributed by atoms with Crippen molar-refractivity contribution < 1.29 is 23.5 Å². The Balaban J connectivity index is 1.85. The Morgan fingerprint density at radius 2 is 1.76 bits per heavy atom. The lowest BCUT2D eigenvalue weighted by molar-refractivity contribution is -0.142. The zero-order valence-corrected chi connectivity index (χ0v) is 23.2. The second-order valence-electron chi connectivity index (χ2n) is 11.8. The van der Waals surface area contributed by atoms with Crippen molar-refractivity contribution >= 4 is 17.7 Å². The minimum Gasteiger partial charge on any atom is -0.369 e. The molecule has 0 saturated carbocycles. The van der Waals surface area contributed by atoms with Crippen LogP contribution in [-0.2, 0) is 25.7 Å². The lowest BCUT2D eigenvalue weighted by Crippen LogP contribution is -2.59. The van der Waals surface area contributed by atoms with Crippen LogP contribution in [0.5, 0.6) is 0 Å². The molecule has 8 nitrogen and oxygen atoms in total. The molecule has 5 atom stereocenters. The fourth-order valence-corrected chi connectivity index (χ4v) is 5.18. The van der Waals surface area contributed by atoms with Crippen LogP contribution in [0, 0.1) is 17.2 Å². The maximum atomic E-state index is 14.0. The molecule has 206 valence electrons. The van der Waals surface area contributed by atoms with Crippen molar-refractivity contribution in [2.45, 2.75) is 91.3 Å². The van der Waals surface area contributed by atoms with Crippen molar-refractivity contribution in [1.82, 2.24) is 20.4 Å². The molecule has 37 heavy (non-hydrogen) atoms. The number of nitrogens with zero attached hydrogens (tertiary/aromatic N) is 2. The van der Waals surface area contributed by atoms with Crippen LogP contribution in [0.2, 0.25) is 0 Å². The normalized spacial score (nSPS) is 23.2. The molecule has 2 aliphatic rings. The van der Waals surface area contributed by atoms with Gasteiger partial charge in [0.1, 0.15) is 11.9 Å². The predicted molar refractivity (Wildman–Crippen MR) is 140 cm³/mol. The van der Waals surface area contributed by atoms with Gasteiger partial charge in [-0.05, 0) is 49.4 Å². The summed E-state index contributed by atoms with van der Waals surface area (Å²) in [4.78, 5) is 43.5. The molecule has 1 aromatic rings. The van der Waals surface area contributed by atoms with Crippen LogP contribution >= 0.6 is 0 Å². The van der Waals surface area contributed by atoms with Gasteiger partial charge in [-0.1, -0.05) is 46.8 Å². The Morgan fingerprint density at radius 3 is 2.32 bits per heavy atom. The first-order valence-electron chi connectivity index (χ1n) is 13.3. The highest BCUT2D eigenvalue weighted by Gasteiger charge is 2.54. The summed E-state index contributed by atoms with van der Waals surface area (Å²) < 4.78 is 19.7. The highest BCUT2D eigenvalue weighted by atomic mass is 19.1. The number of benzene rings is 1. The van der Waals surface area contributed by atoms with Crippen LogP contribution in [0.3, 0.4) is 0 Å². The maximum absolute atomic E-state index is 14.0.